The van der Waals surface area contributed by atoms with E-state index in [-0.39, 0.29) is 30.6 Å². The topological polar surface area (TPSA) is 117 Å². The number of hydrogen-bond acceptors (Lipinski definition) is 6. The third-order valence-corrected chi connectivity index (χ3v) is 5.72. The largest absolute Gasteiger partial charge is 0.483 e. The molecule has 10 heteroatoms. The van der Waals surface area contributed by atoms with E-state index < -0.39 is 0 Å². The monoisotopic (exact) mass is 429 g/mol. The predicted molar refractivity (Wildman–Crippen MR) is 113 cm³/mol. The number of carboxylic acid groups (broad SMARTS) is 1. The summed E-state index contributed by atoms with van der Waals surface area (Å²) < 4.78 is 2.89. The molecular formula is C20H23N5O4S. The summed E-state index contributed by atoms with van der Waals surface area (Å²) in [6.45, 7) is 3.51. The minimum absolute atomic E-state index is 0.0394. The van der Waals surface area contributed by atoms with Crippen LogP contribution in [-0.4, -0.2) is 51.2 Å². The first-order valence-electron chi connectivity index (χ1n) is 9.52. The normalized spacial score (nSPS) is 15.7. The molecule has 158 valence electrons. The highest BCUT2D eigenvalue weighted by Crippen LogP contribution is 2.33. The quantitative estimate of drug-likeness (QED) is 0.458. The van der Waals surface area contributed by atoms with Crippen LogP contribution in [0, 0.1) is 12.8 Å². The SMILES string of the molecule is Cc1ccc2nc(N3CC(C(=O)NCCCn4cccn4)CC3=O)sc2c1.O=CO. The summed E-state index contributed by atoms with van der Waals surface area (Å²) in [4.78, 5) is 39.4. The van der Waals surface area contributed by atoms with Gasteiger partial charge in [0.25, 0.3) is 6.47 Å². The summed E-state index contributed by atoms with van der Waals surface area (Å²) in [6.07, 6.45) is 4.67. The Hall–Kier alpha value is -3.27. The van der Waals surface area contributed by atoms with E-state index in [9.17, 15) is 9.59 Å². The van der Waals surface area contributed by atoms with E-state index in [1.807, 2.05) is 36.0 Å². The van der Waals surface area contributed by atoms with E-state index in [1.54, 1.807) is 11.1 Å². The Kier molecular flexibility index (Phi) is 7.12. The molecule has 1 aromatic carbocycles. The van der Waals surface area contributed by atoms with Gasteiger partial charge in [0.05, 0.1) is 16.1 Å². The number of nitrogens with zero attached hydrogens (tertiary/aromatic N) is 4. The standard InChI is InChI=1S/C19H21N5O2S.CH2O2/c1-13-4-5-15-16(10-13)27-19(22-15)24-12-14(11-17(24)25)18(26)20-6-2-8-23-9-3-7-21-23;2-1-3/h3-5,7,9-10,14H,2,6,8,11-12H2,1H3,(H,20,26);1H,(H,2,3). The van der Waals surface area contributed by atoms with Crippen LogP contribution in [0.1, 0.15) is 18.4 Å². The van der Waals surface area contributed by atoms with E-state index in [1.165, 1.54) is 11.3 Å². The summed E-state index contributed by atoms with van der Waals surface area (Å²) >= 11 is 1.50. The zero-order valence-corrected chi connectivity index (χ0v) is 17.3. The third kappa shape index (κ3) is 5.20. The maximum Gasteiger partial charge on any atom is 0.290 e. The Morgan fingerprint density at radius 3 is 2.97 bits per heavy atom. The van der Waals surface area contributed by atoms with Gasteiger partial charge in [-0.05, 0) is 37.1 Å². The second kappa shape index (κ2) is 9.97. The van der Waals surface area contributed by atoms with Gasteiger partial charge in [0.15, 0.2) is 5.13 Å². The first kappa shape index (κ1) is 21.4. The summed E-state index contributed by atoms with van der Waals surface area (Å²) in [6, 6.07) is 7.92. The fourth-order valence-electron chi connectivity index (χ4n) is 3.23. The van der Waals surface area contributed by atoms with Crippen LogP contribution >= 0.6 is 11.3 Å². The Morgan fingerprint density at radius 1 is 1.43 bits per heavy atom. The summed E-state index contributed by atoms with van der Waals surface area (Å²) in [7, 11) is 0. The second-order valence-electron chi connectivity index (χ2n) is 6.89. The number of anilines is 1. The van der Waals surface area contributed by atoms with Crippen LogP contribution in [0.15, 0.2) is 36.7 Å². The van der Waals surface area contributed by atoms with E-state index in [2.05, 4.69) is 21.5 Å². The molecule has 1 saturated heterocycles. The zero-order chi connectivity index (χ0) is 21.5. The maximum absolute atomic E-state index is 12.4. The van der Waals surface area contributed by atoms with Gasteiger partial charge < -0.3 is 10.4 Å². The summed E-state index contributed by atoms with van der Waals surface area (Å²) in [5.74, 6) is -0.429. The third-order valence-electron chi connectivity index (χ3n) is 4.68. The van der Waals surface area contributed by atoms with Crippen LogP contribution in [0.25, 0.3) is 10.2 Å². The smallest absolute Gasteiger partial charge is 0.290 e. The maximum atomic E-state index is 12.4. The van der Waals surface area contributed by atoms with E-state index in [0.29, 0.717) is 18.2 Å². The fraction of sp³-hybridized carbons (Fsp3) is 0.350. The molecule has 0 aliphatic carbocycles. The number of hydrogen-bond donors (Lipinski definition) is 2. The Labute approximate surface area is 177 Å². The lowest BCUT2D eigenvalue weighted by Gasteiger charge is -2.13. The van der Waals surface area contributed by atoms with Gasteiger partial charge in [-0.15, -0.1) is 0 Å². The molecule has 4 rings (SSSR count). The minimum Gasteiger partial charge on any atom is -0.483 e. The van der Waals surface area contributed by atoms with Crippen molar-refractivity contribution in [3.8, 4) is 0 Å². The average molecular weight is 430 g/mol. The molecule has 0 bridgehead atoms. The molecule has 0 radical (unpaired) electrons. The van der Waals surface area contributed by atoms with Crippen molar-refractivity contribution in [3.63, 3.8) is 0 Å². The molecule has 3 aromatic rings. The van der Waals surface area contributed by atoms with Crippen molar-refractivity contribution < 1.29 is 19.5 Å². The van der Waals surface area contributed by atoms with Crippen molar-refractivity contribution in [1.29, 1.82) is 0 Å². The minimum atomic E-state index is -0.323. The van der Waals surface area contributed by atoms with Gasteiger partial charge in [-0.3, -0.25) is 24.0 Å². The molecule has 1 atom stereocenters. The van der Waals surface area contributed by atoms with Gasteiger partial charge in [-0.2, -0.15) is 5.10 Å². The lowest BCUT2D eigenvalue weighted by molar-refractivity contribution is -0.126. The van der Waals surface area contributed by atoms with Crippen LogP contribution in [0.5, 0.6) is 0 Å². The van der Waals surface area contributed by atoms with Gasteiger partial charge in [-0.1, -0.05) is 17.4 Å². The molecule has 0 saturated carbocycles. The molecule has 2 N–H and O–H groups in total. The molecule has 9 nitrogen and oxygen atoms in total. The number of thiazole rings is 1. The number of rotatable bonds is 6. The molecule has 1 aliphatic rings. The summed E-state index contributed by atoms with van der Waals surface area (Å²) in [5, 5.41) is 14.6. The van der Waals surface area contributed by atoms with Crippen LogP contribution in [0.3, 0.4) is 0 Å². The number of nitrogens with one attached hydrogen (secondary N) is 1. The zero-order valence-electron chi connectivity index (χ0n) is 16.5. The molecule has 3 heterocycles. The highest BCUT2D eigenvalue weighted by Gasteiger charge is 2.36. The van der Waals surface area contributed by atoms with E-state index in [0.717, 1.165) is 28.7 Å². The highest BCUT2D eigenvalue weighted by molar-refractivity contribution is 7.22. The van der Waals surface area contributed by atoms with Crippen molar-refractivity contribution in [1.82, 2.24) is 20.1 Å². The van der Waals surface area contributed by atoms with Gasteiger partial charge in [0, 0.05) is 38.4 Å². The van der Waals surface area contributed by atoms with Gasteiger partial charge >= 0.3 is 0 Å². The van der Waals surface area contributed by atoms with Gasteiger partial charge in [-0.25, -0.2) is 4.98 Å². The van der Waals surface area contributed by atoms with Crippen molar-refractivity contribution in [2.45, 2.75) is 26.3 Å². The lowest BCUT2D eigenvalue weighted by Crippen LogP contribution is -2.33. The van der Waals surface area contributed by atoms with Crippen LogP contribution in [-0.2, 0) is 20.9 Å². The van der Waals surface area contributed by atoms with Crippen LogP contribution in [0.2, 0.25) is 0 Å². The van der Waals surface area contributed by atoms with Crippen molar-refractivity contribution in [2.75, 3.05) is 18.0 Å². The van der Waals surface area contributed by atoms with Crippen molar-refractivity contribution >= 4 is 45.0 Å². The van der Waals surface area contributed by atoms with Gasteiger partial charge in [0.1, 0.15) is 0 Å². The number of carbonyl (C=O) groups is 3. The number of aromatic nitrogens is 3. The Balaban J connectivity index is 0.000000806. The predicted octanol–water partition coefficient (Wildman–Crippen LogP) is 2.06. The average Bonchev–Trinajstić information content (AvgIpc) is 3.44. The first-order valence-corrected chi connectivity index (χ1v) is 10.3. The van der Waals surface area contributed by atoms with Crippen molar-refractivity contribution in [2.24, 2.45) is 5.92 Å². The number of aryl methyl sites for hydroxylation is 2. The summed E-state index contributed by atoms with van der Waals surface area (Å²) in [5.41, 5.74) is 2.05. The Bertz CT molecular complexity index is 1020. The fourth-order valence-corrected chi connectivity index (χ4v) is 4.32. The van der Waals surface area contributed by atoms with Gasteiger partial charge in [0.2, 0.25) is 11.8 Å². The number of amides is 2. The van der Waals surface area contributed by atoms with E-state index in [4.69, 9.17) is 9.90 Å². The van der Waals surface area contributed by atoms with Crippen LogP contribution < -0.4 is 10.2 Å². The highest BCUT2D eigenvalue weighted by atomic mass is 32.1. The molecule has 1 fully saturated rings. The molecule has 1 aliphatic heterocycles. The molecule has 30 heavy (non-hydrogen) atoms. The number of benzene rings is 1. The molecule has 2 aromatic heterocycles. The molecule has 2 amide bonds. The van der Waals surface area contributed by atoms with Crippen molar-refractivity contribution in [3.05, 3.63) is 42.2 Å². The van der Waals surface area contributed by atoms with E-state index >= 15 is 0 Å². The Morgan fingerprint density at radius 2 is 2.23 bits per heavy atom. The first-order chi connectivity index (χ1) is 14.5. The second-order valence-corrected chi connectivity index (χ2v) is 7.90. The van der Waals surface area contributed by atoms with Crippen LogP contribution in [0.4, 0.5) is 5.13 Å². The number of carbonyl (C=O) groups excluding carboxylic acids is 2. The molecule has 0 spiro atoms. The number of fused-ring (bicyclic) bond motifs is 1. The molecular weight excluding hydrogens is 406 g/mol. The molecule has 1 unspecified atom stereocenters. The lowest BCUT2D eigenvalue weighted by atomic mass is 10.1.